The molecule has 7 nitrogen and oxygen atoms in total. The smallest absolute Gasteiger partial charge is 0.193 e. The lowest BCUT2D eigenvalue weighted by atomic mass is 9.84. The van der Waals surface area contributed by atoms with E-state index in [2.05, 4.69) is 31.7 Å². The van der Waals surface area contributed by atoms with E-state index in [9.17, 15) is 0 Å². The molecule has 1 N–H and O–H groups in total. The van der Waals surface area contributed by atoms with Gasteiger partial charge in [-0.2, -0.15) is 5.26 Å². The van der Waals surface area contributed by atoms with E-state index in [0.29, 0.717) is 24.3 Å². The summed E-state index contributed by atoms with van der Waals surface area (Å²) in [6.45, 7) is 3.83. The van der Waals surface area contributed by atoms with Crippen LogP contribution in [0.25, 0.3) is 33.7 Å². The molecule has 0 bridgehead atoms. The van der Waals surface area contributed by atoms with Crippen molar-refractivity contribution >= 4 is 22.1 Å². The highest BCUT2D eigenvalue weighted by atomic mass is 16.4. The molecule has 0 aromatic carbocycles. The Bertz CT molecular complexity index is 1200. The standard InChI is InChI=1S/C21H22N6O/c1-12-19(28-13(2)25-12)21-26-17-11-24-20-16(8-10-23-20)18(17)27(21)15-5-3-14(4-6-15)7-9-22/h8,10-11,14-15H,3-7H2,1-2H3,(H,23,24)/t14-,15-. The Kier molecular flexibility index (Phi) is 3.93. The summed E-state index contributed by atoms with van der Waals surface area (Å²) in [7, 11) is 0. The van der Waals surface area contributed by atoms with E-state index in [-0.39, 0.29) is 0 Å². The van der Waals surface area contributed by atoms with Crippen molar-refractivity contribution in [2.45, 2.75) is 52.0 Å². The summed E-state index contributed by atoms with van der Waals surface area (Å²) in [5.41, 5.74) is 3.68. The molecule has 28 heavy (non-hydrogen) atoms. The Morgan fingerprint density at radius 2 is 2.07 bits per heavy atom. The maximum Gasteiger partial charge on any atom is 0.193 e. The summed E-state index contributed by atoms with van der Waals surface area (Å²) in [5.74, 6) is 2.71. The molecular formula is C21H22N6O. The molecule has 0 saturated heterocycles. The second-order valence-corrected chi connectivity index (χ2v) is 7.72. The van der Waals surface area contributed by atoms with Crippen LogP contribution in [0.4, 0.5) is 0 Å². The van der Waals surface area contributed by atoms with Crippen LogP contribution < -0.4 is 0 Å². The number of oxazole rings is 1. The van der Waals surface area contributed by atoms with E-state index >= 15 is 0 Å². The average Bonchev–Trinajstić information content (AvgIpc) is 3.38. The summed E-state index contributed by atoms with van der Waals surface area (Å²) < 4.78 is 8.28. The largest absolute Gasteiger partial charge is 0.437 e. The first kappa shape index (κ1) is 17.0. The molecule has 142 valence electrons. The number of hydrogen-bond acceptors (Lipinski definition) is 5. The number of nitriles is 1. The topological polar surface area (TPSA) is 96.3 Å². The second-order valence-electron chi connectivity index (χ2n) is 7.72. The Labute approximate surface area is 162 Å². The van der Waals surface area contributed by atoms with E-state index < -0.39 is 0 Å². The zero-order valence-electron chi connectivity index (χ0n) is 16.1. The molecule has 4 heterocycles. The van der Waals surface area contributed by atoms with E-state index in [0.717, 1.165) is 65.0 Å². The fourth-order valence-corrected chi connectivity index (χ4v) is 4.58. The SMILES string of the molecule is Cc1nc(C)c(-c2nc3cnc4[nH]ccc4c3n2[C@H]2CC[C@H](CC#N)CC2)o1. The van der Waals surface area contributed by atoms with Gasteiger partial charge in [0.05, 0.1) is 23.5 Å². The van der Waals surface area contributed by atoms with E-state index in [1.165, 1.54) is 0 Å². The van der Waals surface area contributed by atoms with Crippen LogP contribution in [0, 0.1) is 31.1 Å². The van der Waals surface area contributed by atoms with Gasteiger partial charge in [0.2, 0.25) is 0 Å². The number of hydrogen-bond donors (Lipinski definition) is 1. The van der Waals surface area contributed by atoms with Crippen LogP contribution in [0.1, 0.15) is 49.7 Å². The lowest BCUT2D eigenvalue weighted by Gasteiger charge is -2.29. The number of rotatable bonds is 3. The fourth-order valence-electron chi connectivity index (χ4n) is 4.58. The lowest BCUT2D eigenvalue weighted by Crippen LogP contribution is -2.19. The first-order valence-electron chi connectivity index (χ1n) is 9.81. The molecule has 5 rings (SSSR count). The van der Waals surface area contributed by atoms with Gasteiger partial charge < -0.3 is 14.0 Å². The van der Waals surface area contributed by atoms with Crippen LogP contribution in [0.5, 0.6) is 0 Å². The summed E-state index contributed by atoms with van der Waals surface area (Å²) in [4.78, 5) is 17.1. The van der Waals surface area contributed by atoms with Crippen LogP contribution in [0.3, 0.4) is 0 Å². The maximum atomic E-state index is 9.04. The minimum absolute atomic E-state index is 0.320. The molecule has 1 saturated carbocycles. The molecule has 0 radical (unpaired) electrons. The molecule has 4 aromatic rings. The predicted molar refractivity (Wildman–Crippen MR) is 106 cm³/mol. The molecular weight excluding hydrogens is 352 g/mol. The molecule has 1 aliphatic carbocycles. The van der Waals surface area contributed by atoms with Crippen molar-refractivity contribution in [3.63, 3.8) is 0 Å². The van der Waals surface area contributed by atoms with Gasteiger partial charge in [-0.15, -0.1) is 0 Å². The molecule has 0 amide bonds. The van der Waals surface area contributed by atoms with Crippen LogP contribution in [0.15, 0.2) is 22.9 Å². The van der Waals surface area contributed by atoms with E-state index in [1.54, 1.807) is 0 Å². The monoisotopic (exact) mass is 374 g/mol. The van der Waals surface area contributed by atoms with Gasteiger partial charge in [-0.3, -0.25) is 0 Å². The third-order valence-corrected chi connectivity index (χ3v) is 5.90. The fraction of sp³-hybridized carbons (Fsp3) is 0.429. The number of aromatic nitrogens is 5. The summed E-state index contributed by atoms with van der Waals surface area (Å²) in [6.07, 6.45) is 8.59. The molecule has 4 aromatic heterocycles. The summed E-state index contributed by atoms with van der Waals surface area (Å²) in [5, 5.41) is 10.1. The minimum atomic E-state index is 0.320. The number of nitrogens with zero attached hydrogens (tertiary/aromatic N) is 5. The molecule has 0 aliphatic heterocycles. The van der Waals surface area contributed by atoms with Crippen molar-refractivity contribution in [1.82, 2.24) is 24.5 Å². The molecule has 0 atom stereocenters. The zero-order valence-corrected chi connectivity index (χ0v) is 16.1. The second kappa shape index (κ2) is 6.48. The molecule has 1 fully saturated rings. The zero-order chi connectivity index (χ0) is 19.3. The van der Waals surface area contributed by atoms with Gasteiger partial charge in [-0.1, -0.05) is 0 Å². The Morgan fingerprint density at radius 3 is 2.79 bits per heavy atom. The maximum absolute atomic E-state index is 9.04. The first-order valence-corrected chi connectivity index (χ1v) is 9.81. The third kappa shape index (κ3) is 2.60. The van der Waals surface area contributed by atoms with Gasteiger partial charge in [0.25, 0.3) is 0 Å². The quantitative estimate of drug-likeness (QED) is 0.554. The Hall–Kier alpha value is -3.14. The van der Waals surface area contributed by atoms with Gasteiger partial charge in [-0.25, -0.2) is 15.0 Å². The lowest BCUT2D eigenvalue weighted by molar-refractivity contribution is 0.282. The van der Waals surface area contributed by atoms with Crippen molar-refractivity contribution in [2.75, 3.05) is 0 Å². The van der Waals surface area contributed by atoms with Crippen molar-refractivity contribution in [3.05, 3.63) is 30.0 Å². The van der Waals surface area contributed by atoms with Crippen molar-refractivity contribution in [2.24, 2.45) is 5.92 Å². The normalized spacial score (nSPS) is 20.0. The van der Waals surface area contributed by atoms with Crippen LogP contribution >= 0.6 is 0 Å². The predicted octanol–water partition coefficient (Wildman–Crippen LogP) is 4.83. The summed E-state index contributed by atoms with van der Waals surface area (Å²) >= 11 is 0. The van der Waals surface area contributed by atoms with Crippen LogP contribution in [0.2, 0.25) is 0 Å². The van der Waals surface area contributed by atoms with Crippen molar-refractivity contribution < 1.29 is 4.42 Å². The number of pyridine rings is 1. The van der Waals surface area contributed by atoms with Crippen molar-refractivity contribution in [1.29, 1.82) is 5.26 Å². The van der Waals surface area contributed by atoms with Gasteiger partial charge in [0.1, 0.15) is 11.2 Å². The van der Waals surface area contributed by atoms with Gasteiger partial charge in [0.15, 0.2) is 17.5 Å². The van der Waals surface area contributed by atoms with Gasteiger partial charge in [0, 0.05) is 31.0 Å². The highest BCUT2D eigenvalue weighted by molar-refractivity contribution is 6.02. The van der Waals surface area contributed by atoms with Gasteiger partial charge in [-0.05, 0) is 44.6 Å². The molecule has 0 spiro atoms. The molecule has 7 heteroatoms. The number of aromatic amines is 1. The molecule has 1 aliphatic rings. The first-order chi connectivity index (χ1) is 13.7. The van der Waals surface area contributed by atoms with Crippen LogP contribution in [-0.4, -0.2) is 24.5 Å². The third-order valence-electron chi connectivity index (χ3n) is 5.90. The highest BCUT2D eigenvalue weighted by Crippen LogP contribution is 2.40. The van der Waals surface area contributed by atoms with Crippen LogP contribution in [-0.2, 0) is 0 Å². The number of H-pyrrole nitrogens is 1. The number of imidazole rings is 1. The number of fused-ring (bicyclic) bond motifs is 3. The summed E-state index contributed by atoms with van der Waals surface area (Å²) in [6, 6.07) is 4.71. The Balaban J connectivity index is 1.70. The number of aryl methyl sites for hydroxylation is 2. The average molecular weight is 374 g/mol. The minimum Gasteiger partial charge on any atom is -0.437 e. The number of nitrogens with one attached hydrogen (secondary N) is 1. The molecule has 0 unspecified atom stereocenters. The van der Waals surface area contributed by atoms with E-state index in [1.807, 2.05) is 26.2 Å². The van der Waals surface area contributed by atoms with E-state index in [4.69, 9.17) is 14.7 Å². The van der Waals surface area contributed by atoms with Crippen molar-refractivity contribution in [3.8, 4) is 17.7 Å². The Morgan fingerprint density at radius 1 is 1.25 bits per heavy atom. The van der Waals surface area contributed by atoms with Gasteiger partial charge >= 0.3 is 0 Å². The highest BCUT2D eigenvalue weighted by Gasteiger charge is 2.29.